The molecule has 0 aliphatic rings. The van der Waals surface area contributed by atoms with Gasteiger partial charge in [-0.3, -0.25) is 4.79 Å². The Kier molecular flexibility index (Phi) is 6.36. The standard InChI is InChI=1S/C17H22N4O/c1-2-12-21-14-19-20-16(21)10-6-7-11-17(22)18-13-15-8-4-3-5-9-15/h2-5,8-9,14H,1,6-7,10-13H2,(H,18,22). The number of nitrogens with one attached hydrogen (secondary N) is 1. The molecule has 1 amide bonds. The average molecular weight is 298 g/mol. The van der Waals surface area contributed by atoms with Gasteiger partial charge >= 0.3 is 0 Å². The fraction of sp³-hybridized carbons (Fsp3) is 0.353. The predicted octanol–water partition coefficient (Wildman–Crippen LogP) is 2.49. The zero-order valence-corrected chi connectivity index (χ0v) is 12.7. The number of carbonyl (C=O) groups excluding carboxylic acids is 1. The van der Waals surface area contributed by atoms with E-state index in [1.54, 1.807) is 6.33 Å². The van der Waals surface area contributed by atoms with Crippen molar-refractivity contribution in [3.8, 4) is 0 Å². The van der Waals surface area contributed by atoms with Crippen LogP contribution in [0.2, 0.25) is 0 Å². The summed E-state index contributed by atoms with van der Waals surface area (Å²) in [5, 5.41) is 10.9. The lowest BCUT2D eigenvalue weighted by Crippen LogP contribution is -2.22. The fourth-order valence-electron chi connectivity index (χ4n) is 2.22. The van der Waals surface area contributed by atoms with Crippen LogP contribution in [0.25, 0.3) is 0 Å². The third-order valence-corrected chi connectivity index (χ3v) is 3.41. The van der Waals surface area contributed by atoms with Crippen LogP contribution in [0.1, 0.15) is 30.7 Å². The molecule has 0 fully saturated rings. The van der Waals surface area contributed by atoms with E-state index in [1.807, 2.05) is 41.0 Å². The van der Waals surface area contributed by atoms with E-state index in [4.69, 9.17) is 0 Å². The molecule has 0 atom stereocenters. The summed E-state index contributed by atoms with van der Waals surface area (Å²) in [7, 11) is 0. The SMILES string of the molecule is C=CCn1cnnc1CCCCC(=O)NCc1ccccc1. The fourth-order valence-corrected chi connectivity index (χ4v) is 2.22. The molecule has 0 saturated heterocycles. The largest absolute Gasteiger partial charge is 0.352 e. The minimum atomic E-state index is 0.0939. The number of hydrogen-bond donors (Lipinski definition) is 1. The molecule has 0 aliphatic heterocycles. The van der Waals surface area contributed by atoms with E-state index >= 15 is 0 Å². The quantitative estimate of drug-likeness (QED) is 0.571. The van der Waals surface area contributed by atoms with Crippen LogP contribution in [-0.2, 0) is 24.3 Å². The van der Waals surface area contributed by atoms with Gasteiger partial charge < -0.3 is 9.88 Å². The van der Waals surface area contributed by atoms with Crippen LogP contribution in [0.15, 0.2) is 49.3 Å². The van der Waals surface area contributed by atoms with Crippen molar-refractivity contribution in [1.82, 2.24) is 20.1 Å². The van der Waals surface area contributed by atoms with E-state index in [9.17, 15) is 4.79 Å². The molecule has 1 aromatic carbocycles. The zero-order valence-electron chi connectivity index (χ0n) is 12.7. The average Bonchev–Trinajstić information content (AvgIpc) is 2.98. The second-order valence-corrected chi connectivity index (χ2v) is 5.16. The first-order chi connectivity index (χ1) is 10.8. The van der Waals surface area contributed by atoms with Gasteiger partial charge in [0.1, 0.15) is 12.2 Å². The molecule has 2 rings (SSSR count). The number of carbonyl (C=O) groups is 1. The summed E-state index contributed by atoms with van der Waals surface area (Å²) in [5.74, 6) is 1.04. The van der Waals surface area contributed by atoms with E-state index in [-0.39, 0.29) is 5.91 Å². The van der Waals surface area contributed by atoms with Crippen molar-refractivity contribution < 1.29 is 4.79 Å². The lowest BCUT2D eigenvalue weighted by atomic mass is 10.1. The number of amides is 1. The highest BCUT2D eigenvalue weighted by atomic mass is 16.1. The first kappa shape index (κ1) is 15.9. The first-order valence-corrected chi connectivity index (χ1v) is 7.58. The van der Waals surface area contributed by atoms with Gasteiger partial charge in [0.15, 0.2) is 0 Å². The maximum atomic E-state index is 11.8. The van der Waals surface area contributed by atoms with Gasteiger partial charge in [0.05, 0.1) is 0 Å². The molecule has 22 heavy (non-hydrogen) atoms. The van der Waals surface area contributed by atoms with Gasteiger partial charge in [-0.1, -0.05) is 36.4 Å². The zero-order chi connectivity index (χ0) is 15.6. The maximum Gasteiger partial charge on any atom is 0.220 e. The third kappa shape index (κ3) is 5.16. The summed E-state index contributed by atoms with van der Waals surface area (Å²) in [6, 6.07) is 9.93. The van der Waals surface area contributed by atoms with Crippen LogP contribution in [-0.4, -0.2) is 20.7 Å². The second kappa shape index (κ2) is 8.77. The Labute approximate surface area is 131 Å². The van der Waals surface area contributed by atoms with E-state index in [2.05, 4.69) is 22.1 Å². The third-order valence-electron chi connectivity index (χ3n) is 3.41. The summed E-state index contributed by atoms with van der Waals surface area (Å²) in [6.07, 6.45) is 6.69. The number of aromatic nitrogens is 3. The van der Waals surface area contributed by atoms with Gasteiger partial charge in [-0.2, -0.15) is 0 Å². The number of benzene rings is 1. The molecule has 1 aromatic heterocycles. The van der Waals surface area contributed by atoms with Crippen LogP contribution in [0.5, 0.6) is 0 Å². The highest BCUT2D eigenvalue weighted by Crippen LogP contribution is 2.05. The molecule has 0 radical (unpaired) electrons. The molecular weight excluding hydrogens is 276 g/mol. The Morgan fingerprint density at radius 2 is 2.09 bits per heavy atom. The van der Waals surface area contributed by atoms with E-state index < -0.39 is 0 Å². The molecule has 2 aromatic rings. The Hall–Kier alpha value is -2.43. The number of allylic oxidation sites excluding steroid dienone is 1. The highest BCUT2D eigenvalue weighted by molar-refractivity contribution is 5.75. The van der Waals surface area contributed by atoms with Crippen LogP contribution in [0.4, 0.5) is 0 Å². The van der Waals surface area contributed by atoms with Gasteiger partial charge in [0.25, 0.3) is 0 Å². The van der Waals surface area contributed by atoms with Gasteiger partial charge in [-0.05, 0) is 18.4 Å². The Morgan fingerprint density at radius 3 is 2.86 bits per heavy atom. The first-order valence-electron chi connectivity index (χ1n) is 7.58. The van der Waals surface area contributed by atoms with Gasteiger partial charge in [0.2, 0.25) is 5.91 Å². The van der Waals surface area contributed by atoms with Crippen LogP contribution in [0, 0.1) is 0 Å². The number of nitrogens with zero attached hydrogens (tertiary/aromatic N) is 3. The van der Waals surface area contributed by atoms with Gasteiger partial charge in [0, 0.05) is 25.9 Å². The molecule has 116 valence electrons. The smallest absolute Gasteiger partial charge is 0.220 e. The Bertz CT molecular complexity index is 592. The number of rotatable bonds is 9. The lowest BCUT2D eigenvalue weighted by Gasteiger charge is -2.06. The van der Waals surface area contributed by atoms with Gasteiger partial charge in [-0.25, -0.2) is 0 Å². The second-order valence-electron chi connectivity index (χ2n) is 5.16. The van der Waals surface area contributed by atoms with Crippen LogP contribution >= 0.6 is 0 Å². The van der Waals surface area contributed by atoms with Crippen molar-refractivity contribution in [2.75, 3.05) is 0 Å². The minimum absolute atomic E-state index is 0.0939. The topological polar surface area (TPSA) is 59.8 Å². The van der Waals surface area contributed by atoms with Crippen molar-refractivity contribution in [3.63, 3.8) is 0 Å². The van der Waals surface area contributed by atoms with Crippen molar-refractivity contribution in [3.05, 3.63) is 60.7 Å². The van der Waals surface area contributed by atoms with Crippen LogP contribution in [0.3, 0.4) is 0 Å². The molecule has 0 unspecified atom stereocenters. The van der Waals surface area contributed by atoms with E-state index in [0.717, 1.165) is 37.2 Å². The predicted molar refractivity (Wildman–Crippen MR) is 86.1 cm³/mol. The number of unbranched alkanes of at least 4 members (excludes halogenated alkanes) is 1. The highest BCUT2D eigenvalue weighted by Gasteiger charge is 2.05. The number of hydrogen-bond acceptors (Lipinski definition) is 3. The molecule has 0 spiro atoms. The minimum Gasteiger partial charge on any atom is -0.352 e. The summed E-state index contributed by atoms with van der Waals surface area (Å²) in [6.45, 7) is 5.03. The lowest BCUT2D eigenvalue weighted by molar-refractivity contribution is -0.121. The molecule has 1 N–H and O–H groups in total. The maximum absolute atomic E-state index is 11.8. The molecule has 0 saturated carbocycles. The molecule has 1 heterocycles. The summed E-state index contributed by atoms with van der Waals surface area (Å²) in [5.41, 5.74) is 1.12. The van der Waals surface area contributed by atoms with Gasteiger partial charge in [-0.15, -0.1) is 16.8 Å². The molecule has 0 aliphatic carbocycles. The monoisotopic (exact) mass is 298 g/mol. The molecule has 5 heteroatoms. The molecule has 0 bridgehead atoms. The van der Waals surface area contributed by atoms with E-state index in [1.165, 1.54) is 0 Å². The van der Waals surface area contributed by atoms with Crippen molar-refractivity contribution in [2.45, 2.75) is 38.8 Å². The Balaban J connectivity index is 1.63. The Morgan fingerprint density at radius 1 is 1.27 bits per heavy atom. The van der Waals surface area contributed by atoms with Crippen molar-refractivity contribution in [1.29, 1.82) is 0 Å². The number of aryl methyl sites for hydroxylation is 1. The normalized spacial score (nSPS) is 10.4. The summed E-state index contributed by atoms with van der Waals surface area (Å²) in [4.78, 5) is 11.8. The summed E-state index contributed by atoms with van der Waals surface area (Å²) < 4.78 is 1.97. The summed E-state index contributed by atoms with van der Waals surface area (Å²) >= 11 is 0. The van der Waals surface area contributed by atoms with Crippen LogP contribution < -0.4 is 5.32 Å². The van der Waals surface area contributed by atoms with Crippen molar-refractivity contribution in [2.24, 2.45) is 0 Å². The van der Waals surface area contributed by atoms with Crippen molar-refractivity contribution >= 4 is 5.91 Å². The molecular formula is C17H22N4O. The van der Waals surface area contributed by atoms with E-state index in [0.29, 0.717) is 13.0 Å². The molecule has 5 nitrogen and oxygen atoms in total.